The topological polar surface area (TPSA) is 53.1 Å². The third kappa shape index (κ3) is 2.71. The van der Waals surface area contributed by atoms with E-state index in [2.05, 4.69) is 12.0 Å². The molecule has 1 aromatic carbocycles. The molecule has 4 heteroatoms. The fourth-order valence-electron chi connectivity index (χ4n) is 1.87. The van der Waals surface area contributed by atoms with Gasteiger partial charge in [0.25, 0.3) is 0 Å². The predicted molar refractivity (Wildman–Crippen MR) is 71.5 cm³/mol. The second-order valence-electron chi connectivity index (χ2n) is 4.11. The van der Waals surface area contributed by atoms with Gasteiger partial charge in [-0.1, -0.05) is 12.1 Å². The molecular formula is C14H19N3O. The molecule has 2 rings (SSSR count). The summed E-state index contributed by atoms with van der Waals surface area (Å²) in [7, 11) is 0. The van der Waals surface area contributed by atoms with E-state index in [1.165, 1.54) is 0 Å². The Morgan fingerprint density at radius 2 is 2.17 bits per heavy atom. The molecule has 0 saturated heterocycles. The second-order valence-corrected chi connectivity index (χ2v) is 4.11. The van der Waals surface area contributed by atoms with Crippen LogP contribution in [0, 0.1) is 0 Å². The Kier molecular flexibility index (Phi) is 3.99. The van der Waals surface area contributed by atoms with Crippen molar-refractivity contribution < 1.29 is 4.74 Å². The molecule has 2 N–H and O–H groups in total. The van der Waals surface area contributed by atoms with Crippen molar-refractivity contribution in [3.05, 3.63) is 47.8 Å². The van der Waals surface area contributed by atoms with Gasteiger partial charge in [-0.3, -0.25) is 4.68 Å². The van der Waals surface area contributed by atoms with Crippen LogP contribution in [0.2, 0.25) is 0 Å². The number of nitrogens with two attached hydrogens (primary N) is 1. The van der Waals surface area contributed by atoms with Gasteiger partial charge in [0.05, 0.1) is 18.8 Å². The van der Waals surface area contributed by atoms with E-state index in [1.54, 1.807) is 0 Å². The van der Waals surface area contributed by atoms with Gasteiger partial charge in [0, 0.05) is 18.3 Å². The first-order valence-corrected chi connectivity index (χ1v) is 6.25. The van der Waals surface area contributed by atoms with Crippen molar-refractivity contribution in [2.75, 3.05) is 6.61 Å². The van der Waals surface area contributed by atoms with Crippen molar-refractivity contribution in [2.45, 2.75) is 26.4 Å². The number of hydrogen-bond donors (Lipinski definition) is 1. The Hall–Kier alpha value is -1.81. The second kappa shape index (κ2) is 5.69. The SMILES string of the molecule is CCOc1cccc(C(N)c2cnn(CC)c2)c1. The molecule has 0 saturated carbocycles. The lowest BCUT2D eigenvalue weighted by molar-refractivity contribution is 0.340. The zero-order chi connectivity index (χ0) is 13.0. The molecule has 1 unspecified atom stereocenters. The smallest absolute Gasteiger partial charge is 0.119 e. The molecule has 18 heavy (non-hydrogen) atoms. The maximum atomic E-state index is 6.24. The summed E-state index contributed by atoms with van der Waals surface area (Å²) in [4.78, 5) is 0. The fourth-order valence-corrected chi connectivity index (χ4v) is 1.87. The van der Waals surface area contributed by atoms with Crippen molar-refractivity contribution in [2.24, 2.45) is 5.73 Å². The van der Waals surface area contributed by atoms with Crippen LogP contribution in [0.25, 0.3) is 0 Å². The molecule has 0 amide bonds. The highest BCUT2D eigenvalue weighted by molar-refractivity contribution is 5.35. The van der Waals surface area contributed by atoms with Crippen molar-refractivity contribution in [3.8, 4) is 5.75 Å². The monoisotopic (exact) mass is 245 g/mol. The summed E-state index contributed by atoms with van der Waals surface area (Å²) < 4.78 is 7.36. The highest BCUT2D eigenvalue weighted by Gasteiger charge is 2.11. The zero-order valence-electron chi connectivity index (χ0n) is 10.8. The number of rotatable bonds is 5. The Morgan fingerprint density at radius 1 is 1.33 bits per heavy atom. The lowest BCUT2D eigenvalue weighted by Crippen LogP contribution is -2.11. The number of ether oxygens (including phenoxy) is 1. The van der Waals surface area contributed by atoms with E-state index in [-0.39, 0.29) is 6.04 Å². The van der Waals surface area contributed by atoms with Gasteiger partial charge in [0.2, 0.25) is 0 Å². The average Bonchev–Trinajstić information content (AvgIpc) is 2.87. The van der Waals surface area contributed by atoms with E-state index in [4.69, 9.17) is 10.5 Å². The normalized spacial score (nSPS) is 12.4. The molecule has 0 bridgehead atoms. The van der Waals surface area contributed by atoms with E-state index in [0.29, 0.717) is 6.61 Å². The van der Waals surface area contributed by atoms with Crippen LogP contribution in [-0.4, -0.2) is 16.4 Å². The lowest BCUT2D eigenvalue weighted by atomic mass is 10.0. The third-order valence-electron chi connectivity index (χ3n) is 2.86. The standard InChI is InChI=1S/C14H19N3O/c1-3-17-10-12(9-16-17)14(15)11-6-5-7-13(8-11)18-4-2/h5-10,14H,3-4,15H2,1-2H3. The highest BCUT2D eigenvalue weighted by Crippen LogP contribution is 2.22. The van der Waals surface area contributed by atoms with E-state index >= 15 is 0 Å². The maximum absolute atomic E-state index is 6.24. The summed E-state index contributed by atoms with van der Waals surface area (Å²) in [5, 5.41) is 4.25. The molecule has 0 spiro atoms. The summed E-state index contributed by atoms with van der Waals surface area (Å²) in [6, 6.07) is 7.73. The molecule has 0 fully saturated rings. The summed E-state index contributed by atoms with van der Waals surface area (Å²) >= 11 is 0. The van der Waals surface area contributed by atoms with Crippen LogP contribution in [0.3, 0.4) is 0 Å². The molecule has 0 radical (unpaired) electrons. The number of aryl methyl sites for hydroxylation is 1. The van der Waals surface area contributed by atoms with Gasteiger partial charge in [-0.05, 0) is 31.5 Å². The Bertz CT molecular complexity index is 507. The van der Waals surface area contributed by atoms with E-state index < -0.39 is 0 Å². The highest BCUT2D eigenvalue weighted by atomic mass is 16.5. The molecule has 96 valence electrons. The lowest BCUT2D eigenvalue weighted by Gasteiger charge is -2.11. The van der Waals surface area contributed by atoms with E-state index in [9.17, 15) is 0 Å². The molecule has 2 aromatic rings. The summed E-state index contributed by atoms with van der Waals surface area (Å²) in [5.74, 6) is 0.855. The number of hydrogen-bond acceptors (Lipinski definition) is 3. The first-order chi connectivity index (χ1) is 8.74. The third-order valence-corrected chi connectivity index (χ3v) is 2.86. The van der Waals surface area contributed by atoms with Crippen LogP contribution < -0.4 is 10.5 Å². The van der Waals surface area contributed by atoms with Gasteiger partial charge in [0.1, 0.15) is 5.75 Å². The Morgan fingerprint density at radius 3 is 2.83 bits per heavy atom. The van der Waals surface area contributed by atoms with Gasteiger partial charge >= 0.3 is 0 Å². The summed E-state index contributed by atoms with van der Waals surface area (Å²) in [6.07, 6.45) is 3.81. The van der Waals surface area contributed by atoms with Crippen LogP contribution in [0.15, 0.2) is 36.7 Å². The molecule has 4 nitrogen and oxygen atoms in total. The minimum absolute atomic E-state index is 0.161. The van der Waals surface area contributed by atoms with Crippen LogP contribution in [0.5, 0.6) is 5.75 Å². The Labute approximate surface area is 107 Å². The van der Waals surface area contributed by atoms with Crippen LogP contribution in [0.1, 0.15) is 31.0 Å². The van der Waals surface area contributed by atoms with Gasteiger partial charge in [-0.15, -0.1) is 0 Å². The molecule has 1 atom stereocenters. The minimum atomic E-state index is -0.161. The maximum Gasteiger partial charge on any atom is 0.119 e. The fraction of sp³-hybridized carbons (Fsp3) is 0.357. The van der Waals surface area contributed by atoms with Crippen LogP contribution in [-0.2, 0) is 6.54 Å². The minimum Gasteiger partial charge on any atom is -0.494 e. The summed E-state index contributed by atoms with van der Waals surface area (Å²) in [6.45, 7) is 5.54. The predicted octanol–water partition coefficient (Wildman–Crippen LogP) is 2.35. The molecule has 0 aliphatic rings. The zero-order valence-corrected chi connectivity index (χ0v) is 10.8. The quantitative estimate of drug-likeness (QED) is 0.879. The van der Waals surface area contributed by atoms with Crippen molar-refractivity contribution in [3.63, 3.8) is 0 Å². The van der Waals surface area contributed by atoms with E-state index in [1.807, 2.05) is 48.3 Å². The number of benzene rings is 1. The Balaban J connectivity index is 2.21. The molecular weight excluding hydrogens is 226 g/mol. The molecule has 1 aromatic heterocycles. The summed E-state index contributed by atoms with van der Waals surface area (Å²) in [5.41, 5.74) is 8.30. The van der Waals surface area contributed by atoms with Crippen molar-refractivity contribution in [1.29, 1.82) is 0 Å². The average molecular weight is 245 g/mol. The van der Waals surface area contributed by atoms with Gasteiger partial charge in [0.15, 0.2) is 0 Å². The molecule has 0 aliphatic heterocycles. The molecule has 1 heterocycles. The van der Waals surface area contributed by atoms with E-state index in [0.717, 1.165) is 23.4 Å². The number of nitrogens with zero attached hydrogens (tertiary/aromatic N) is 2. The first-order valence-electron chi connectivity index (χ1n) is 6.25. The first kappa shape index (κ1) is 12.6. The molecule has 0 aliphatic carbocycles. The van der Waals surface area contributed by atoms with Gasteiger partial charge < -0.3 is 10.5 Å². The van der Waals surface area contributed by atoms with Crippen molar-refractivity contribution >= 4 is 0 Å². The van der Waals surface area contributed by atoms with Crippen molar-refractivity contribution in [1.82, 2.24) is 9.78 Å². The van der Waals surface area contributed by atoms with Crippen LogP contribution >= 0.6 is 0 Å². The van der Waals surface area contributed by atoms with Crippen LogP contribution in [0.4, 0.5) is 0 Å². The van der Waals surface area contributed by atoms with Gasteiger partial charge in [-0.2, -0.15) is 5.10 Å². The number of aromatic nitrogens is 2. The van der Waals surface area contributed by atoms with Gasteiger partial charge in [-0.25, -0.2) is 0 Å². The largest absolute Gasteiger partial charge is 0.494 e.